The highest BCUT2D eigenvalue weighted by Crippen LogP contribution is 2.21. The van der Waals surface area contributed by atoms with Crippen LogP contribution in [0.5, 0.6) is 0 Å². The van der Waals surface area contributed by atoms with Gasteiger partial charge in [0.25, 0.3) is 0 Å². The van der Waals surface area contributed by atoms with Crippen molar-refractivity contribution in [1.29, 1.82) is 5.26 Å². The molecule has 1 rings (SSSR count). The lowest BCUT2D eigenvalue weighted by Gasteiger charge is -2.07. The third-order valence-corrected chi connectivity index (χ3v) is 2.53. The van der Waals surface area contributed by atoms with Crippen LogP contribution in [0.1, 0.15) is 29.4 Å². The quantitative estimate of drug-likeness (QED) is 0.745. The Labute approximate surface area is 78.8 Å². The van der Waals surface area contributed by atoms with Crippen molar-refractivity contribution in [3.63, 3.8) is 0 Å². The van der Waals surface area contributed by atoms with Crippen LogP contribution in [0.3, 0.4) is 0 Å². The molecule has 0 aliphatic heterocycles. The van der Waals surface area contributed by atoms with Crippen molar-refractivity contribution in [2.24, 2.45) is 12.8 Å². The number of nitrogens with two attached hydrogens (primary N) is 1. The smallest absolute Gasteiger partial charge is 0.0641 e. The first-order valence-corrected chi connectivity index (χ1v) is 4.33. The number of hydrogen-bond donors (Lipinski definition) is 1. The summed E-state index contributed by atoms with van der Waals surface area (Å²) in [5, 5.41) is 8.53. The van der Waals surface area contributed by atoms with Crippen molar-refractivity contribution >= 4 is 0 Å². The molecule has 13 heavy (non-hydrogen) atoms. The summed E-state index contributed by atoms with van der Waals surface area (Å²) >= 11 is 0. The third-order valence-electron chi connectivity index (χ3n) is 2.53. The summed E-state index contributed by atoms with van der Waals surface area (Å²) in [6.45, 7) is 4.06. The van der Waals surface area contributed by atoms with Gasteiger partial charge in [-0.1, -0.05) is 0 Å². The molecule has 70 valence electrons. The van der Waals surface area contributed by atoms with Crippen molar-refractivity contribution in [2.45, 2.75) is 26.3 Å². The van der Waals surface area contributed by atoms with Crippen molar-refractivity contribution in [1.82, 2.24) is 4.57 Å². The number of aryl methyl sites for hydroxylation is 1. The average molecular weight is 177 g/mol. The predicted molar refractivity (Wildman–Crippen MR) is 52.0 cm³/mol. The number of nitriles is 1. The van der Waals surface area contributed by atoms with Crippen molar-refractivity contribution in [3.05, 3.63) is 23.0 Å². The first-order chi connectivity index (χ1) is 6.07. The largest absolute Gasteiger partial charge is 0.352 e. The zero-order valence-corrected chi connectivity index (χ0v) is 8.33. The topological polar surface area (TPSA) is 54.7 Å². The molecule has 0 aliphatic rings. The van der Waals surface area contributed by atoms with E-state index in [-0.39, 0.29) is 6.04 Å². The molecular formula is C10H15N3. The minimum Gasteiger partial charge on any atom is -0.352 e. The highest BCUT2D eigenvalue weighted by molar-refractivity contribution is 5.29. The van der Waals surface area contributed by atoms with Crippen LogP contribution in [0.25, 0.3) is 0 Å². The number of hydrogen-bond acceptors (Lipinski definition) is 2. The van der Waals surface area contributed by atoms with Gasteiger partial charge in [-0.15, -0.1) is 0 Å². The van der Waals surface area contributed by atoms with Crippen LogP contribution in [0.15, 0.2) is 6.07 Å². The van der Waals surface area contributed by atoms with Gasteiger partial charge in [-0.3, -0.25) is 0 Å². The first-order valence-electron chi connectivity index (χ1n) is 4.33. The van der Waals surface area contributed by atoms with Gasteiger partial charge >= 0.3 is 0 Å². The molecule has 0 aliphatic carbocycles. The molecule has 3 heteroatoms. The van der Waals surface area contributed by atoms with E-state index in [0.717, 1.165) is 11.3 Å². The molecule has 0 spiro atoms. The molecule has 0 radical (unpaired) electrons. The van der Waals surface area contributed by atoms with Crippen molar-refractivity contribution in [3.8, 4) is 6.07 Å². The lowest BCUT2D eigenvalue weighted by Crippen LogP contribution is -2.10. The number of nitrogens with zero attached hydrogens (tertiary/aromatic N) is 2. The summed E-state index contributed by atoms with van der Waals surface area (Å²) in [6, 6.07) is 3.99. The Morgan fingerprint density at radius 3 is 2.62 bits per heavy atom. The molecule has 0 saturated heterocycles. The van der Waals surface area contributed by atoms with Crippen LogP contribution in [0.2, 0.25) is 0 Å². The van der Waals surface area contributed by atoms with E-state index in [4.69, 9.17) is 11.0 Å². The average Bonchev–Trinajstić information content (AvgIpc) is 2.33. The molecular weight excluding hydrogens is 162 g/mol. The van der Waals surface area contributed by atoms with Gasteiger partial charge < -0.3 is 10.3 Å². The Morgan fingerprint density at radius 1 is 1.62 bits per heavy atom. The van der Waals surface area contributed by atoms with Crippen LogP contribution in [0.4, 0.5) is 0 Å². The van der Waals surface area contributed by atoms with E-state index in [1.165, 1.54) is 5.69 Å². The minimum atomic E-state index is -0.148. The van der Waals surface area contributed by atoms with Crippen molar-refractivity contribution < 1.29 is 0 Å². The van der Waals surface area contributed by atoms with E-state index in [1.807, 2.05) is 20.9 Å². The summed E-state index contributed by atoms with van der Waals surface area (Å²) < 4.78 is 2.09. The fourth-order valence-corrected chi connectivity index (χ4v) is 1.47. The summed E-state index contributed by atoms with van der Waals surface area (Å²) in [5.41, 5.74) is 9.27. The first kappa shape index (κ1) is 9.82. The minimum absolute atomic E-state index is 0.148. The van der Waals surface area contributed by atoms with Gasteiger partial charge in [-0.05, 0) is 25.5 Å². The molecule has 1 heterocycles. The maximum atomic E-state index is 8.53. The second-order valence-electron chi connectivity index (χ2n) is 3.35. The SMILES string of the molecule is Cc1cc([C@@H](N)CC#N)c(C)n1C. The Kier molecular flexibility index (Phi) is 2.74. The second kappa shape index (κ2) is 3.63. The van der Waals surface area contributed by atoms with Gasteiger partial charge in [-0.25, -0.2) is 0 Å². The van der Waals surface area contributed by atoms with Gasteiger partial charge in [0.05, 0.1) is 12.5 Å². The molecule has 1 atom stereocenters. The summed E-state index contributed by atoms with van der Waals surface area (Å²) in [6.07, 6.45) is 0.379. The standard InChI is InChI=1S/C10H15N3/c1-7-6-9(8(2)13(7)3)10(12)4-5-11/h6,10H,4,12H2,1-3H3/t10-/m0/s1. The molecule has 0 bridgehead atoms. The van der Waals surface area contributed by atoms with E-state index in [1.54, 1.807) is 0 Å². The highest BCUT2D eigenvalue weighted by Gasteiger charge is 2.12. The summed E-state index contributed by atoms with van der Waals surface area (Å²) in [5.74, 6) is 0. The van der Waals surface area contributed by atoms with E-state index in [2.05, 4.69) is 16.7 Å². The summed E-state index contributed by atoms with van der Waals surface area (Å²) in [7, 11) is 2.01. The number of rotatable bonds is 2. The zero-order valence-electron chi connectivity index (χ0n) is 8.33. The molecule has 0 fully saturated rings. The van der Waals surface area contributed by atoms with Gasteiger partial charge in [0.1, 0.15) is 0 Å². The molecule has 1 aromatic rings. The molecule has 3 nitrogen and oxygen atoms in total. The van der Waals surface area contributed by atoms with Crippen LogP contribution in [-0.2, 0) is 7.05 Å². The van der Waals surface area contributed by atoms with Crippen molar-refractivity contribution in [2.75, 3.05) is 0 Å². The maximum Gasteiger partial charge on any atom is 0.0641 e. The van der Waals surface area contributed by atoms with Crippen LogP contribution >= 0.6 is 0 Å². The van der Waals surface area contributed by atoms with E-state index >= 15 is 0 Å². The fraction of sp³-hybridized carbons (Fsp3) is 0.500. The van der Waals surface area contributed by atoms with Crippen LogP contribution in [0, 0.1) is 25.2 Å². The Bertz CT molecular complexity index is 344. The van der Waals surface area contributed by atoms with Crippen LogP contribution in [-0.4, -0.2) is 4.57 Å². The molecule has 2 N–H and O–H groups in total. The van der Waals surface area contributed by atoms with E-state index < -0.39 is 0 Å². The lowest BCUT2D eigenvalue weighted by atomic mass is 10.1. The Hall–Kier alpha value is -1.27. The maximum absolute atomic E-state index is 8.53. The zero-order chi connectivity index (χ0) is 10.0. The summed E-state index contributed by atoms with van der Waals surface area (Å²) in [4.78, 5) is 0. The third kappa shape index (κ3) is 1.73. The van der Waals surface area contributed by atoms with Gasteiger partial charge in [-0.2, -0.15) is 5.26 Å². The molecule has 0 saturated carbocycles. The van der Waals surface area contributed by atoms with Gasteiger partial charge in [0.2, 0.25) is 0 Å². The van der Waals surface area contributed by atoms with Crippen LogP contribution < -0.4 is 5.73 Å². The molecule has 0 aromatic carbocycles. The Morgan fingerprint density at radius 2 is 2.23 bits per heavy atom. The highest BCUT2D eigenvalue weighted by atomic mass is 15.0. The number of aromatic nitrogens is 1. The lowest BCUT2D eigenvalue weighted by molar-refractivity contribution is 0.731. The van der Waals surface area contributed by atoms with E-state index in [0.29, 0.717) is 6.42 Å². The molecule has 1 aromatic heterocycles. The van der Waals surface area contributed by atoms with Gasteiger partial charge in [0, 0.05) is 24.5 Å². The second-order valence-corrected chi connectivity index (χ2v) is 3.35. The molecule has 0 amide bonds. The fourth-order valence-electron chi connectivity index (χ4n) is 1.47. The predicted octanol–water partition coefficient (Wildman–Crippen LogP) is 1.56. The van der Waals surface area contributed by atoms with E-state index in [9.17, 15) is 0 Å². The monoisotopic (exact) mass is 177 g/mol. The van der Waals surface area contributed by atoms with Gasteiger partial charge in [0.15, 0.2) is 0 Å². The molecule has 0 unspecified atom stereocenters. The Balaban J connectivity index is 3.02. The normalized spacial score (nSPS) is 12.5.